The number of piperazine rings is 1. The van der Waals surface area contributed by atoms with E-state index in [1.165, 1.54) is 16.9 Å². The minimum atomic E-state index is -4.39. The van der Waals surface area contributed by atoms with Crippen LogP contribution in [0.3, 0.4) is 0 Å². The Labute approximate surface area is 234 Å². The highest BCUT2D eigenvalue weighted by molar-refractivity contribution is 5.88. The van der Waals surface area contributed by atoms with Gasteiger partial charge in [-0.2, -0.15) is 23.4 Å². The van der Waals surface area contributed by atoms with Crippen LogP contribution >= 0.6 is 0 Å². The van der Waals surface area contributed by atoms with E-state index in [4.69, 9.17) is 5.73 Å². The fourth-order valence-electron chi connectivity index (χ4n) is 4.66. The summed E-state index contributed by atoms with van der Waals surface area (Å²) in [6, 6.07) is 5.48. The van der Waals surface area contributed by atoms with E-state index in [9.17, 15) is 28.0 Å². The summed E-state index contributed by atoms with van der Waals surface area (Å²) < 4.78 is 39.0. The molecule has 2 fully saturated rings. The number of aromatic nitrogens is 3. The van der Waals surface area contributed by atoms with E-state index >= 15 is 0 Å². The molecule has 4 N–H and O–H groups in total. The van der Waals surface area contributed by atoms with Crippen molar-refractivity contribution in [3.8, 4) is 6.07 Å². The number of nitrogens with one attached hydrogen (secondary N) is 2. The zero-order chi connectivity index (χ0) is 29.6. The molecule has 0 aliphatic carbocycles. The molecule has 0 spiro atoms. The monoisotopic (exact) mass is 575 g/mol. The predicted molar refractivity (Wildman–Crippen MR) is 145 cm³/mol. The van der Waals surface area contributed by atoms with Crippen molar-refractivity contribution in [1.29, 1.82) is 5.26 Å². The molecule has 4 heterocycles. The van der Waals surface area contributed by atoms with Gasteiger partial charge in [0.1, 0.15) is 6.54 Å². The second-order valence-corrected chi connectivity index (χ2v) is 10.1. The lowest BCUT2D eigenvalue weighted by atomic mass is 9.76. The molecular formula is C25H32F3N11O2. The maximum atomic E-state index is 12.7. The van der Waals surface area contributed by atoms with E-state index in [1.54, 1.807) is 23.2 Å². The van der Waals surface area contributed by atoms with Crippen molar-refractivity contribution in [2.75, 3.05) is 69.6 Å². The minimum absolute atomic E-state index is 0.0192. The molecule has 13 nitrogen and oxygen atoms in total. The van der Waals surface area contributed by atoms with E-state index in [2.05, 4.69) is 30.6 Å². The van der Waals surface area contributed by atoms with Crippen LogP contribution in [0.5, 0.6) is 0 Å². The van der Waals surface area contributed by atoms with Gasteiger partial charge in [0.2, 0.25) is 17.8 Å². The molecule has 0 bridgehead atoms. The number of anilines is 2. The zero-order valence-electron chi connectivity index (χ0n) is 22.6. The lowest BCUT2D eigenvalue weighted by Gasteiger charge is -2.48. The Morgan fingerprint density at radius 3 is 2.66 bits per heavy atom. The van der Waals surface area contributed by atoms with E-state index in [-0.39, 0.29) is 37.9 Å². The van der Waals surface area contributed by atoms with Gasteiger partial charge >= 0.3 is 6.18 Å². The fraction of sp³-hybridized carbons (Fsp3) is 0.520. The maximum Gasteiger partial charge on any atom is 0.390 e. The fourth-order valence-corrected chi connectivity index (χ4v) is 4.66. The van der Waals surface area contributed by atoms with Crippen molar-refractivity contribution in [2.24, 2.45) is 16.1 Å². The molecule has 220 valence electrons. The third kappa shape index (κ3) is 7.23. The molecule has 0 unspecified atom stereocenters. The van der Waals surface area contributed by atoms with Gasteiger partial charge in [0.15, 0.2) is 5.65 Å². The molecule has 4 rings (SSSR count). The molecule has 0 atom stereocenters. The summed E-state index contributed by atoms with van der Waals surface area (Å²) in [6.45, 7) is 2.66. The Morgan fingerprint density at radius 1 is 1.27 bits per heavy atom. The number of hydrogen-bond acceptors (Lipinski definition) is 10. The number of nitrogens with zero attached hydrogens (tertiary/aromatic N) is 8. The van der Waals surface area contributed by atoms with Gasteiger partial charge in [-0.25, -0.2) is 4.52 Å². The van der Waals surface area contributed by atoms with Crippen LogP contribution in [0.4, 0.5) is 24.8 Å². The van der Waals surface area contributed by atoms with Gasteiger partial charge in [0.25, 0.3) is 0 Å². The van der Waals surface area contributed by atoms with Crippen LogP contribution in [-0.4, -0.2) is 108 Å². The number of aliphatic imine (C=N–C) groups is 1. The Hall–Kier alpha value is -4.39. The minimum Gasteiger partial charge on any atom is -0.403 e. The van der Waals surface area contributed by atoms with Crippen molar-refractivity contribution < 1.29 is 22.8 Å². The third-order valence-electron chi connectivity index (χ3n) is 7.01. The Kier molecular flexibility index (Phi) is 8.96. The molecule has 2 saturated heterocycles. The van der Waals surface area contributed by atoms with Crippen LogP contribution in [0, 0.1) is 16.7 Å². The number of pyridine rings is 1. The van der Waals surface area contributed by atoms with E-state index < -0.39 is 30.5 Å². The Bertz CT molecular complexity index is 1350. The number of nitrogens with two attached hydrogens (primary N) is 1. The number of carbonyl (C=O) groups excluding carboxylic acids is 2. The smallest absolute Gasteiger partial charge is 0.390 e. The summed E-state index contributed by atoms with van der Waals surface area (Å²) in [5, 5.41) is 18.9. The summed E-state index contributed by atoms with van der Waals surface area (Å²) >= 11 is 0. The molecule has 2 aromatic heterocycles. The summed E-state index contributed by atoms with van der Waals surface area (Å²) in [5.41, 5.74) is 6.07. The first kappa shape index (κ1) is 29.6. The van der Waals surface area contributed by atoms with E-state index in [0.717, 1.165) is 13.1 Å². The van der Waals surface area contributed by atoms with Gasteiger partial charge in [-0.3, -0.25) is 14.6 Å². The number of alkyl halides is 3. The van der Waals surface area contributed by atoms with Gasteiger partial charge < -0.3 is 31.1 Å². The highest BCUT2D eigenvalue weighted by Crippen LogP contribution is 2.39. The normalized spacial score (nSPS) is 17.9. The summed E-state index contributed by atoms with van der Waals surface area (Å²) in [4.78, 5) is 39.6. The van der Waals surface area contributed by atoms with Gasteiger partial charge in [-0.1, -0.05) is 0 Å². The molecule has 0 aromatic carbocycles. The lowest BCUT2D eigenvalue weighted by molar-refractivity contribution is -0.139. The molecule has 2 aromatic rings. The SMILES string of the molecule is CN1CCN(C(=O)CN=CC(=CN)Nc2nc3c(N4CC(CC#N)(C(=O)NCCC(F)(F)F)C4)cccn3n2)CC1. The van der Waals surface area contributed by atoms with Crippen molar-refractivity contribution in [2.45, 2.75) is 19.0 Å². The first-order chi connectivity index (χ1) is 19.5. The number of hydrogen-bond donors (Lipinski definition) is 3. The van der Waals surface area contributed by atoms with Crippen molar-refractivity contribution in [1.82, 2.24) is 29.7 Å². The van der Waals surface area contributed by atoms with Crippen LogP contribution in [0.1, 0.15) is 12.8 Å². The molecule has 2 aliphatic heterocycles. The maximum absolute atomic E-state index is 12.7. The first-order valence-electron chi connectivity index (χ1n) is 13.0. The number of rotatable bonds is 10. The van der Waals surface area contributed by atoms with Crippen molar-refractivity contribution in [3.63, 3.8) is 0 Å². The summed E-state index contributed by atoms with van der Waals surface area (Å²) in [5.74, 6) is -0.449. The van der Waals surface area contributed by atoms with Gasteiger partial charge in [-0.15, -0.1) is 5.10 Å². The number of halogens is 3. The summed E-state index contributed by atoms with van der Waals surface area (Å²) in [7, 11) is 2.01. The van der Waals surface area contributed by atoms with Crippen LogP contribution in [0.2, 0.25) is 0 Å². The highest BCUT2D eigenvalue weighted by atomic mass is 19.4. The largest absolute Gasteiger partial charge is 0.403 e. The second kappa shape index (κ2) is 12.4. The van der Waals surface area contributed by atoms with Gasteiger partial charge in [0, 0.05) is 64.4 Å². The van der Waals surface area contributed by atoms with Crippen LogP contribution in [0.15, 0.2) is 35.2 Å². The van der Waals surface area contributed by atoms with Crippen molar-refractivity contribution in [3.05, 3.63) is 30.2 Å². The average Bonchev–Trinajstić information content (AvgIpc) is 3.32. The average molecular weight is 576 g/mol. The second-order valence-electron chi connectivity index (χ2n) is 10.1. The molecule has 0 saturated carbocycles. The highest BCUT2D eigenvalue weighted by Gasteiger charge is 2.50. The zero-order valence-corrected chi connectivity index (χ0v) is 22.6. The number of amides is 2. The van der Waals surface area contributed by atoms with Crippen molar-refractivity contribution >= 4 is 35.3 Å². The van der Waals surface area contributed by atoms with Gasteiger partial charge in [-0.05, 0) is 19.2 Å². The topological polar surface area (TPSA) is 160 Å². The van der Waals surface area contributed by atoms with Crippen LogP contribution in [-0.2, 0) is 9.59 Å². The number of fused-ring (bicyclic) bond motifs is 1. The third-order valence-corrected chi connectivity index (χ3v) is 7.01. The van der Waals surface area contributed by atoms with Crippen LogP contribution in [0.25, 0.3) is 5.65 Å². The first-order valence-corrected chi connectivity index (χ1v) is 13.0. The van der Waals surface area contributed by atoms with Crippen LogP contribution < -0.4 is 21.3 Å². The molecule has 2 aliphatic rings. The summed E-state index contributed by atoms with van der Waals surface area (Å²) in [6.07, 6.45) is -1.27. The van der Waals surface area contributed by atoms with E-state index in [0.29, 0.717) is 30.1 Å². The standard InChI is InChI=1S/C25H32F3N11O2/c1-36-9-11-37(12-10-36)20(40)15-31-14-18(13-30)33-23-34-21-19(3-2-8-39(21)35-23)38-16-24(17-38,4-6-29)22(41)32-7-5-25(26,27)28/h2-3,8,13-14H,4-5,7,9-12,15-17,30H2,1H3,(H,32,41)(H,33,35). The quantitative estimate of drug-likeness (QED) is 0.344. The lowest BCUT2D eigenvalue weighted by Crippen LogP contribution is -2.63. The predicted octanol–water partition coefficient (Wildman–Crippen LogP) is 0.575. The van der Waals surface area contributed by atoms with E-state index in [1.807, 2.05) is 18.0 Å². The Balaban J connectivity index is 1.38. The number of carbonyl (C=O) groups is 2. The number of nitriles is 1. The molecular weight excluding hydrogens is 543 g/mol. The Morgan fingerprint density at radius 2 is 2.00 bits per heavy atom. The molecule has 2 amide bonds. The number of allylic oxidation sites excluding steroid dienone is 1. The molecule has 16 heteroatoms. The molecule has 0 radical (unpaired) electrons. The van der Waals surface area contributed by atoms with Gasteiger partial charge in [0.05, 0.1) is 35.7 Å². The molecule has 41 heavy (non-hydrogen) atoms. The number of likely N-dealkylation sites (N-methyl/N-ethyl adjacent to an activating group) is 1.